The Morgan fingerprint density at radius 3 is 1.84 bits per heavy atom. The van der Waals surface area contributed by atoms with Crippen molar-refractivity contribution in [2.75, 3.05) is 19.8 Å². The first-order chi connectivity index (χ1) is 24.3. The third-order valence-corrected chi connectivity index (χ3v) is 7.56. The summed E-state index contributed by atoms with van der Waals surface area (Å²) in [4.78, 5) is 52.0. The number of allylic oxidation sites excluding steroid dienone is 1. The molecule has 0 bridgehead atoms. The van der Waals surface area contributed by atoms with Crippen LogP contribution in [0, 0.1) is 5.92 Å². The molecular weight excluding hydrogens is 638 g/mol. The molecule has 0 unspecified atom stereocenters. The fourth-order valence-corrected chi connectivity index (χ4v) is 4.97. The zero-order chi connectivity index (χ0) is 36.0. The van der Waals surface area contributed by atoms with Gasteiger partial charge in [0, 0.05) is 6.42 Å². The molecule has 3 aromatic carbocycles. The minimum atomic E-state index is -1.08. The third-order valence-electron chi connectivity index (χ3n) is 7.56. The molecule has 0 heterocycles. The van der Waals surface area contributed by atoms with Crippen LogP contribution in [-0.4, -0.2) is 66.9 Å². The monoisotopic (exact) mass is 685 g/mol. The van der Waals surface area contributed by atoms with Gasteiger partial charge in [0.15, 0.2) is 0 Å². The summed E-state index contributed by atoms with van der Waals surface area (Å²) in [5, 5.41) is 18.0. The average Bonchev–Trinajstić information content (AvgIpc) is 3.13. The molecule has 0 spiro atoms. The minimum absolute atomic E-state index is 0.0107. The Balaban J connectivity index is 1.61. The first-order valence-corrected chi connectivity index (χ1v) is 16.5. The second kappa shape index (κ2) is 22.4. The molecule has 3 aromatic rings. The SMILES string of the molecule is C=CC[C@H](CC(=O)N[C@@H](CO)Cc1ccccc1)C(=O)N[C@@H](COCc1ccccc1)COC(=O)[C@@H](CC=C)NC(=O)OCc1ccccc1. The molecule has 266 valence electrons. The molecule has 0 saturated heterocycles. The molecule has 0 aromatic heterocycles. The fraction of sp³-hybridized carbons (Fsp3) is 0.333. The third kappa shape index (κ3) is 14.9. The molecule has 3 amide bonds. The molecule has 0 radical (unpaired) electrons. The Hall–Kier alpha value is -5.26. The molecule has 50 heavy (non-hydrogen) atoms. The number of carbonyl (C=O) groups excluding carboxylic acids is 4. The van der Waals surface area contributed by atoms with E-state index in [9.17, 15) is 24.3 Å². The molecule has 3 rings (SSSR count). The van der Waals surface area contributed by atoms with Crippen molar-refractivity contribution < 1.29 is 38.5 Å². The van der Waals surface area contributed by atoms with Gasteiger partial charge in [-0.15, -0.1) is 13.2 Å². The van der Waals surface area contributed by atoms with E-state index in [0.29, 0.717) is 6.42 Å². The van der Waals surface area contributed by atoms with Crippen LogP contribution < -0.4 is 16.0 Å². The highest BCUT2D eigenvalue weighted by Crippen LogP contribution is 2.13. The van der Waals surface area contributed by atoms with E-state index in [4.69, 9.17) is 14.2 Å². The van der Waals surface area contributed by atoms with Gasteiger partial charge in [0.1, 0.15) is 19.3 Å². The Labute approximate surface area is 293 Å². The van der Waals surface area contributed by atoms with E-state index in [-0.39, 0.29) is 52.3 Å². The number of benzene rings is 3. The predicted molar refractivity (Wildman–Crippen MR) is 189 cm³/mol. The van der Waals surface area contributed by atoms with E-state index in [2.05, 4.69) is 29.1 Å². The van der Waals surface area contributed by atoms with Gasteiger partial charge in [-0.05, 0) is 36.0 Å². The number of hydrogen-bond acceptors (Lipinski definition) is 8. The van der Waals surface area contributed by atoms with Gasteiger partial charge < -0.3 is 35.3 Å². The maximum absolute atomic E-state index is 13.5. The maximum atomic E-state index is 13.5. The first-order valence-electron chi connectivity index (χ1n) is 16.5. The summed E-state index contributed by atoms with van der Waals surface area (Å²) in [5.41, 5.74) is 2.65. The van der Waals surface area contributed by atoms with E-state index in [1.165, 1.54) is 6.08 Å². The van der Waals surface area contributed by atoms with Crippen molar-refractivity contribution in [3.63, 3.8) is 0 Å². The first kappa shape index (κ1) is 39.2. The lowest BCUT2D eigenvalue weighted by Crippen LogP contribution is -2.48. The normalized spacial score (nSPS) is 13.1. The molecule has 0 fully saturated rings. The van der Waals surface area contributed by atoms with Crippen molar-refractivity contribution in [2.24, 2.45) is 5.92 Å². The Morgan fingerprint density at radius 2 is 1.26 bits per heavy atom. The number of ether oxygens (including phenoxy) is 3. The van der Waals surface area contributed by atoms with Crippen molar-refractivity contribution in [1.29, 1.82) is 0 Å². The van der Waals surface area contributed by atoms with E-state index < -0.39 is 47.9 Å². The molecule has 0 aliphatic heterocycles. The number of carbonyl (C=O) groups is 4. The van der Waals surface area contributed by atoms with Gasteiger partial charge in [0.2, 0.25) is 11.8 Å². The van der Waals surface area contributed by atoms with E-state index >= 15 is 0 Å². The number of hydrogen-bond donors (Lipinski definition) is 4. The highest BCUT2D eigenvalue weighted by atomic mass is 16.6. The second-order valence-electron chi connectivity index (χ2n) is 11.7. The van der Waals surface area contributed by atoms with E-state index in [1.807, 2.05) is 78.9 Å². The summed E-state index contributed by atoms with van der Waals surface area (Å²) < 4.78 is 16.7. The standard InChI is InChI=1S/C39H47N3O8/c1-3-14-32(23-36(44)40-33(24-43)22-29-16-8-5-9-17-29)37(45)41-34(27-48-25-30-18-10-6-11-19-30)28-49-38(46)35(15-4-2)42-39(47)50-26-31-20-12-7-13-21-31/h3-13,16-21,32-35,43H,1-2,14-15,22-28H2,(H,40,44)(H,41,45)(H,42,47)/t32-,33-,34+,35-/m1/s1. The van der Waals surface area contributed by atoms with Gasteiger partial charge in [-0.25, -0.2) is 9.59 Å². The van der Waals surface area contributed by atoms with Gasteiger partial charge in [-0.3, -0.25) is 9.59 Å². The van der Waals surface area contributed by atoms with Crippen molar-refractivity contribution in [3.05, 3.63) is 133 Å². The van der Waals surface area contributed by atoms with Gasteiger partial charge in [0.25, 0.3) is 0 Å². The smallest absolute Gasteiger partial charge is 0.408 e. The second-order valence-corrected chi connectivity index (χ2v) is 11.7. The molecule has 0 saturated carbocycles. The Bertz CT molecular complexity index is 1490. The maximum Gasteiger partial charge on any atom is 0.408 e. The number of rotatable bonds is 22. The van der Waals surface area contributed by atoms with Crippen LogP contribution in [0.15, 0.2) is 116 Å². The molecule has 11 heteroatoms. The quantitative estimate of drug-likeness (QED) is 0.0898. The lowest BCUT2D eigenvalue weighted by atomic mass is 9.98. The number of esters is 1. The fourth-order valence-electron chi connectivity index (χ4n) is 4.97. The number of alkyl carbamates (subject to hydrolysis) is 1. The number of aliphatic hydroxyl groups is 1. The van der Waals surface area contributed by atoms with Crippen LogP contribution in [-0.2, 0) is 48.2 Å². The average molecular weight is 686 g/mol. The zero-order valence-corrected chi connectivity index (χ0v) is 28.2. The summed E-state index contributed by atoms with van der Waals surface area (Å²) in [6.45, 7) is 7.12. The molecule has 4 atom stereocenters. The molecule has 11 nitrogen and oxygen atoms in total. The van der Waals surface area contributed by atoms with E-state index in [0.717, 1.165) is 16.7 Å². The summed E-state index contributed by atoms with van der Waals surface area (Å²) in [6.07, 6.45) is 2.78. The minimum Gasteiger partial charge on any atom is -0.462 e. The highest BCUT2D eigenvalue weighted by molar-refractivity contribution is 5.86. The summed E-state index contributed by atoms with van der Waals surface area (Å²) >= 11 is 0. The lowest BCUT2D eigenvalue weighted by Gasteiger charge is -2.24. The van der Waals surface area contributed by atoms with Crippen LogP contribution in [0.1, 0.15) is 36.0 Å². The summed E-state index contributed by atoms with van der Waals surface area (Å²) in [5.74, 6) is -2.40. The molecule has 0 aliphatic rings. The topological polar surface area (TPSA) is 152 Å². The number of amides is 3. The van der Waals surface area contributed by atoms with Crippen molar-refractivity contribution >= 4 is 23.9 Å². The number of aliphatic hydroxyl groups excluding tert-OH is 1. The van der Waals surface area contributed by atoms with Crippen LogP contribution in [0.2, 0.25) is 0 Å². The highest BCUT2D eigenvalue weighted by Gasteiger charge is 2.27. The molecule has 4 N–H and O–H groups in total. The number of nitrogens with one attached hydrogen (secondary N) is 3. The van der Waals surface area contributed by atoms with Crippen LogP contribution in [0.4, 0.5) is 4.79 Å². The van der Waals surface area contributed by atoms with Gasteiger partial charge >= 0.3 is 12.1 Å². The van der Waals surface area contributed by atoms with Crippen molar-refractivity contribution in [1.82, 2.24) is 16.0 Å². The van der Waals surface area contributed by atoms with Crippen LogP contribution >= 0.6 is 0 Å². The lowest BCUT2D eigenvalue weighted by molar-refractivity contribution is -0.148. The molecular formula is C39H47N3O8. The van der Waals surface area contributed by atoms with Crippen LogP contribution in [0.5, 0.6) is 0 Å². The Morgan fingerprint density at radius 1 is 0.680 bits per heavy atom. The van der Waals surface area contributed by atoms with Crippen LogP contribution in [0.25, 0.3) is 0 Å². The van der Waals surface area contributed by atoms with Crippen LogP contribution in [0.3, 0.4) is 0 Å². The zero-order valence-electron chi connectivity index (χ0n) is 28.2. The van der Waals surface area contributed by atoms with Crippen molar-refractivity contribution in [2.45, 2.75) is 57.0 Å². The summed E-state index contributed by atoms with van der Waals surface area (Å²) in [7, 11) is 0. The van der Waals surface area contributed by atoms with Gasteiger partial charge in [0.05, 0.1) is 37.8 Å². The van der Waals surface area contributed by atoms with E-state index in [1.54, 1.807) is 18.2 Å². The summed E-state index contributed by atoms with van der Waals surface area (Å²) in [6, 6.07) is 25.6. The molecule has 0 aliphatic carbocycles. The largest absolute Gasteiger partial charge is 0.462 e. The van der Waals surface area contributed by atoms with Gasteiger partial charge in [-0.1, -0.05) is 103 Å². The predicted octanol–water partition coefficient (Wildman–Crippen LogP) is 4.40. The Kier molecular flexibility index (Phi) is 17.5. The van der Waals surface area contributed by atoms with Gasteiger partial charge in [-0.2, -0.15) is 0 Å². The van der Waals surface area contributed by atoms with Crippen molar-refractivity contribution in [3.8, 4) is 0 Å².